The molecule has 0 aliphatic carbocycles. The zero-order valence-electron chi connectivity index (χ0n) is 16.3. The molecule has 156 valence electrons. The lowest BCUT2D eigenvalue weighted by molar-refractivity contribution is 0.142. The largest absolute Gasteiger partial charge is 0.497 e. The molecule has 1 aromatic heterocycles. The number of methoxy groups -OCH3 is 1. The van der Waals surface area contributed by atoms with Gasteiger partial charge in [-0.25, -0.2) is 4.79 Å². The second-order valence-corrected chi connectivity index (χ2v) is 7.79. The molecule has 0 saturated carbocycles. The molecule has 2 heterocycles. The van der Waals surface area contributed by atoms with Gasteiger partial charge < -0.3 is 19.5 Å². The van der Waals surface area contributed by atoms with Crippen LogP contribution in [0.25, 0.3) is 11.4 Å². The quantitative estimate of drug-likeness (QED) is 0.546. The summed E-state index contributed by atoms with van der Waals surface area (Å²) in [6.45, 7) is 0.582. The van der Waals surface area contributed by atoms with Gasteiger partial charge in [-0.15, -0.1) is 0 Å². The van der Waals surface area contributed by atoms with E-state index in [1.54, 1.807) is 30.2 Å². The first-order chi connectivity index (χ1) is 14.5. The van der Waals surface area contributed by atoms with E-state index in [0.717, 1.165) is 24.8 Å². The van der Waals surface area contributed by atoms with Crippen molar-refractivity contribution in [2.75, 3.05) is 19.0 Å². The number of nitrogens with one attached hydrogen (secondary N) is 1. The minimum atomic E-state index is -0.309. The lowest BCUT2D eigenvalue weighted by Gasteiger charge is -2.33. The molecule has 2 aromatic carbocycles. The second-order valence-electron chi connectivity index (χ2n) is 6.95. The monoisotopic (exact) mass is 446 g/mol. The maximum absolute atomic E-state index is 13.0. The predicted octanol–water partition coefficient (Wildman–Crippen LogP) is 5.81. The van der Waals surface area contributed by atoms with Gasteiger partial charge in [-0.05, 0) is 49.6 Å². The number of carbonyl (C=O) groups excluding carboxylic acids is 1. The van der Waals surface area contributed by atoms with Crippen LogP contribution in [-0.2, 0) is 0 Å². The summed E-state index contributed by atoms with van der Waals surface area (Å²) in [5, 5.41) is 7.84. The summed E-state index contributed by atoms with van der Waals surface area (Å²) in [6.07, 6.45) is 2.60. The van der Waals surface area contributed by atoms with Gasteiger partial charge in [0.05, 0.1) is 17.8 Å². The fourth-order valence-corrected chi connectivity index (χ4v) is 3.91. The topological polar surface area (TPSA) is 80.5 Å². The Hall–Kier alpha value is -2.77. The van der Waals surface area contributed by atoms with Crippen LogP contribution in [0.2, 0.25) is 10.0 Å². The van der Waals surface area contributed by atoms with Gasteiger partial charge in [-0.2, -0.15) is 4.98 Å². The number of halogens is 2. The van der Waals surface area contributed by atoms with Gasteiger partial charge >= 0.3 is 6.03 Å². The van der Waals surface area contributed by atoms with Crippen molar-refractivity contribution in [1.82, 2.24) is 15.0 Å². The highest BCUT2D eigenvalue weighted by molar-refractivity contribution is 6.36. The van der Waals surface area contributed by atoms with Crippen LogP contribution in [0.4, 0.5) is 10.5 Å². The Bertz CT molecular complexity index is 1060. The summed E-state index contributed by atoms with van der Waals surface area (Å²) in [5.41, 5.74) is 1.28. The first-order valence-electron chi connectivity index (χ1n) is 9.56. The molecule has 1 fully saturated rings. The molecule has 0 spiro atoms. The molecule has 1 aliphatic heterocycles. The summed E-state index contributed by atoms with van der Waals surface area (Å²) < 4.78 is 10.8. The standard InChI is InChI=1S/C21H20Cl2N4O3/c1-29-15-6-4-5-13(11-15)19-25-20(30-26-19)18-7-2-3-10-27(18)21(28)24-17-9-8-14(22)12-16(17)23/h4-6,8-9,11-12,18H,2-3,7,10H2,1H3,(H,24,28)/t18-/m0/s1. The molecular weight excluding hydrogens is 427 g/mol. The minimum Gasteiger partial charge on any atom is -0.497 e. The highest BCUT2D eigenvalue weighted by Crippen LogP contribution is 2.33. The predicted molar refractivity (Wildman–Crippen MR) is 115 cm³/mol. The van der Waals surface area contributed by atoms with Crippen LogP contribution >= 0.6 is 23.2 Å². The number of ether oxygens (including phenoxy) is 1. The molecule has 1 aliphatic rings. The van der Waals surface area contributed by atoms with Crippen molar-refractivity contribution in [1.29, 1.82) is 0 Å². The zero-order chi connectivity index (χ0) is 21.1. The van der Waals surface area contributed by atoms with E-state index in [1.807, 2.05) is 24.3 Å². The molecule has 1 saturated heterocycles. The van der Waals surface area contributed by atoms with E-state index >= 15 is 0 Å². The number of likely N-dealkylation sites (tertiary alicyclic amines) is 1. The highest BCUT2D eigenvalue weighted by Gasteiger charge is 2.32. The number of hydrogen-bond donors (Lipinski definition) is 1. The summed E-state index contributed by atoms with van der Waals surface area (Å²) in [4.78, 5) is 19.2. The lowest BCUT2D eigenvalue weighted by Crippen LogP contribution is -2.41. The van der Waals surface area contributed by atoms with Gasteiger partial charge in [-0.3, -0.25) is 0 Å². The van der Waals surface area contributed by atoms with Crippen LogP contribution in [0.15, 0.2) is 47.0 Å². The summed E-state index contributed by atoms with van der Waals surface area (Å²) in [5.74, 6) is 1.57. The van der Waals surface area contributed by atoms with E-state index in [0.29, 0.717) is 39.7 Å². The molecule has 0 bridgehead atoms. The van der Waals surface area contributed by atoms with Gasteiger partial charge in [-0.1, -0.05) is 40.5 Å². The maximum atomic E-state index is 13.0. The molecule has 9 heteroatoms. The van der Waals surface area contributed by atoms with Crippen LogP contribution in [0.3, 0.4) is 0 Å². The smallest absolute Gasteiger partial charge is 0.322 e. The van der Waals surface area contributed by atoms with Crippen molar-refractivity contribution in [2.45, 2.75) is 25.3 Å². The number of piperidine rings is 1. The van der Waals surface area contributed by atoms with Crippen molar-refractivity contribution >= 4 is 34.9 Å². The van der Waals surface area contributed by atoms with Gasteiger partial charge in [0.15, 0.2) is 0 Å². The van der Waals surface area contributed by atoms with Gasteiger partial charge in [0, 0.05) is 17.1 Å². The van der Waals surface area contributed by atoms with Crippen LogP contribution in [0.1, 0.15) is 31.2 Å². The van der Waals surface area contributed by atoms with E-state index in [9.17, 15) is 4.79 Å². The third-order valence-corrected chi connectivity index (χ3v) is 5.54. The first-order valence-corrected chi connectivity index (χ1v) is 10.3. The Labute approximate surface area is 183 Å². The molecule has 7 nitrogen and oxygen atoms in total. The number of urea groups is 1. The first kappa shape index (κ1) is 20.5. The van der Waals surface area contributed by atoms with Gasteiger partial charge in [0.1, 0.15) is 11.8 Å². The molecule has 0 unspecified atom stereocenters. The molecule has 3 aromatic rings. The van der Waals surface area contributed by atoms with E-state index < -0.39 is 0 Å². The number of aromatic nitrogens is 2. The third kappa shape index (κ3) is 4.37. The van der Waals surface area contributed by atoms with Crippen LogP contribution < -0.4 is 10.1 Å². The fourth-order valence-electron chi connectivity index (χ4n) is 3.46. The Morgan fingerprint density at radius 3 is 2.90 bits per heavy atom. The normalized spacial score (nSPS) is 16.4. The molecule has 1 atom stereocenters. The minimum absolute atomic E-state index is 0.273. The SMILES string of the molecule is COc1cccc(-c2noc([C@@H]3CCCCN3C(=O)Nc3ccc(Cl)cc3Cl)n2)c1. The summed E-state index contributed by atoms with van der Waals surface area (Å²) in [6, 6.07) is 11.8. The second kappa shape index (κ2) is 8.93. The van der Waals surface area contributed by atoms with Crippen molar-refractivity contribution in [3.05, 3.63) is 58.4 Å². The molecule has 1 N–H and O–H groups in total. The third-order valence-electron chi connectivity index (χ3n) is 4.99. The van der Waals surface area contributed by atoms with Crippen LogP contribution in [0.5, 0.6) is 5.75 Å². The fraction of sp³-hybridized carbons (Fsp3) is 0.286. The summed E-state index contributed by atoms with van der Waals surface area (Å²) >= 11 is 12.1. The highest BCUT2D eigenvalue weighted by atomic mass is 35.5. The number of hydrogen-bond acceptors (Lipinski definition) is 5. The Morgan fingerprint density at radius 2 is 2.10 bits per heavy atom. The number of rotatable bonds is 4. The molecular formula is C21H20Cl2N4O3. The van der Waals surface area contributed by atoms with Crippen molar-refractivity contribution in [2.24, 2.45) is 0 Å². The average molecular weight is 447 g/mol. The number of amides is 2. The number of anilines is 1. The van der Waals surface area contributed by atoms with E-state index in [4.69, 9.17) is 32.5 Å². The Kier molecular flexibility index (Phi) is 6.11. The number of nitrogens with zero attached hydrogens (tertiary/aromatic N) is 3. The van der Waals surface area contributed by atoms with Gasteiger partial charge in [0.2, 0.25) is 11.7 Å². The molecule has 0 radical (unpaired) electrons. The van der Waals surface area contributed by atoms with E-state index in [2.05, 4.69) is 15.5 Å². The summed E-state index contributed by atoms with van der Waals surface area (Å²) in [7, 11) is 1.60. The van der Waals surface area contributed by atoms with Crippen LogP contribution in [-0.4, -0.2) is 34.7 Å². The van der Waals surface area contributed by atoms with E-state index in [1.165, 1.54) is 0 Å². The van der Waals surface area contributed by atoms with Crippen molar-refractivity contribution in [3.8, 4) is 17.1 Å². The van der Waals surface area contributed by atoms with Crippen molar-refractivity contribution in [3.63, 3.8) is 0 Å². The Morgan fingerprint density at radius 1 is 1.23 bits per heavy atom. The zero-order valence-corrected chi connectivity index (χ0v) is 17.8. The van der Waals surface area contributed by atoms with Crippen molar-refractivity contribution < 1.29 is 14.1 Å². The molecule has 2 amide bonds. The number of carbonyl (C=O) groups is 1. The molecule has 30 heavy (non-hydrogen) atoms. The van der Waals surface area contributed by atoms with E-state index in [-0.39, 0.29) is 12.1 Å². The lowest BCUT2D eigenvalue weighted by atomic mass is 10.0. The maximum Gasteiger partial charge on any atom is 0.322 e. The number of benzene rings is 2. The Balaban J connectivity index is 1.55. The average Bonchev–Trinajstić information content (AvgIpc) is 3.26. The molecule has 4 rings (SSSR count). The van der Waals surface area contributed by atoms with Gasteiger partial charge in [0.25, 0.3) is 0 Å². The van der Waals surface area contributed by atoms with Crippen LogP contribution in [0, 0.1) is 0 Å².